The van der Waals surface area contributed by atoms with Crippen molar-refractivity contribution in [3.63, 3.8) is 0 Å². The van der Waals surface area contributed by atoms with Gasteiger partial charge in [-0.25, -0.2) is 8.42 Å². The number of hydrogen-bond acceptors (Lipinski definition) is 7. The van der Waals surface area contributed by atoms with Crippen molar-refractivity contribution in [2.24, 2.45) is 0 Å². The quantitative estimate of drug-likeness (QED) is 0.599. The lowest BCUT2D eigenvalue weighted by Gasteiger charge is -2.12. The van der Waals surface area contributed by atoms with Crippen LogP contribution in [0, 0.1) is 10.1 Å². The third-order valence-corrected chi connectivity index (χ3v) is 4.38. The first-order valence-corrected chi connectivity index (χ1v) is 7.89. The second-order valence-electron chi connectivity index (χ2n) is 4.56. The molecular weight excluding hydrogens is 340 g/mol. The lowest BCUT2D eigenvalue weighted by atomic mass is 10.2. The van der Waals surface area contributed by atoms with Gasteiger partial charge in [0.25, 0.3) is 15.7 Å². The van der Waals surface area contributed by atoms with E-state index in [0.717, 1.165) is 18.2 Å². The third-order valence-electron chi connectivity index (χ3n) is 3.02. The number of nitro benzene ring substituents is 1. The molecule has 0 spiro atoms. The number of methoxy groups -OCH3 is 1. The van der Waals surface area contributed by atoms with Crippen LogP contribution in [-0.2, 0) is 10.0 Å². The number of hydrogen-bond donors (Lipinski definition) is 1. The Morgan fingerprint density at radius 2 is 1.92 bits per heavy atom. The number of nitrogens with zero attached hydrogens (tertiary/aromatic N) is 1. The van der Waals surface area contributed by atoms with E-state index < -0.39 is 20.9 Å². The highest BCUT2D eigenvalue weighted by Crippen LogP contribution is 2.30. The van der Waals surface area contributed by atoms with Crippen LogP contribution in [0.3, 0.4) is 0 Å². The van der Waals surface area contributed by atoms with E-state index in [1.54, 1.807) is 0 Å². The highest BCUT2D eigenvalue weighted by Gasteiger charge is 2.19. The fourth-order valence-corrected chi connectivity index (χ4v) is 2.99. The number of carboxylic acid groups (broad SMARTS) is 1. The van der Waals surface area contributed by atoms with Crippen molar-refractivity contribution in [3.8, 4) is 5.75 Å². The molecule has 0 saturated heterocycles. The van der Waals surface area contributed by atoms with Gasteiger partial charge < -0.3 is 14.6 Å². The van der Waals surface area contributed by atoms with Gasteiger partial charge in [-0.2, -0.15) is 0 Å². The summed E-state index contributed by atoms with van der Waals surface area (Å²) in [7, 11) is -2.91. The standard InChI is InChI=1S/C14H12N2O7S/c1-23-13-6-5-10(16(19)20)8-12(13)15-24(21,22)11-4-2-3-9(7-11)14(17)18/h2-8,15H,1H3,(H,17,18)/p-1. The van der Waals surface area contributed by atoms with Gasteiger partial charge in [0, 0.05) is 12.1 Å². The first-order chi connectivity index (χ1) is 11.2. The molecule has 9 nitrogen and oxygen atoms in total. The molecular formula is C14H11N2O7S-. The summed E-state index contributed by atoms with van der Waals surface area (Å²) in [5, 5.41) is 21.7. The molecule has 0 fully saturated rings. The van der Waals surface area contributed by atoms with Crippen molar-refractivity contribution in [2.45, 2.75) is 4.90 Å². The largest absolute Gasteiger partial charge is 0.545 e. The maximum absolute atomic E-state index is 12.4. The van der Waals surface area contributed by atoms with E-state index in [9.17, 15) is 28.4 Å². The van der Waals surface area contributed by atoms with Crippen LogP contribution in [0.15, 0.2) is 47.4 Å². The van der Waals surface area contributed by atoms with Crippen LogP contribution >= 0.6 is 0 Å². The first kappa shape index (κ1) is 17.2. The number of aromatic carboxylic acids is 1. The van der Waals surface area contributed by atoms with E-state index in [-0.39, 0.29) is 27.6 Å². The molecule has 10 heteroatoms. The van der Waals surface area contributed by atoms with E-state index in [2.05, 4.69) is 4.72 Å². The maximum Gasteiger partial charge on any atom is 0.271 e. The van der Waals surface area contributed by atoms with E-state index in [1.165, 1.54) is 31.4 Å². The second-order valence-corrected chi connectivity index (χ2v) is 6.24. The molecule has 0 saturated carbocycles. The van der Waals surface area contributed by atoms with Crippen LogP contribution < -0.4 is 14.6 Å². The Bertz CT molecular complexity index is 909. The van der Waals surface area contributed by atoms with Gasteiger partial charge in [0.15, 0.2) is 0 Å². The number of rotatable bonds is 6. The van der Waals surface area contributed by atoms with Gasteiger partial charge in [0.05, 0.1) is 28.6 Å². The molecule has 2 rings (SSSR count). The zero-order chi connectivity index (χ0) is 17.9. The summed E-state index contributed by atoms with van der Waals surface area (Å²) in [5.41, 5.74) is -0.800. The minimum absolute atomic E-state index is 0.0697. The monoisotopic (exact) mass is 351 g/mol. The molecule has 0 heterocycles. The average Bonchev–Trinajstić information content (AvgIpc) is 2.54. The number of benzene rings is 2. The number of sulfonamides is 1. The summed E-state index contributed by atoms with van der Waals surface area (Å²) in [6.07, 6.45) is 0. The van der Waals surface area contributed by atoms with Gasteiger partial charge in [-0.3, -0.25) is 14.8 Å². The van der Waals surface area contributed by atoms with E-state index >= 15 is 0 Å². The second kappa shape index (κ2) is 6.54. The number of ether oxygens (including phenoxy) is 1. The van der Waals surface area contributed by atoms with Gasteiger partial charge in [0.2, 0.25) is 0 Å². The summed E-state index contributed by atoms with van der Waals surface area (Å²) >= 11 is 0. The number of carboxylic acids is 1. The van der Waals surface area contributed by atoms with E-state index in [4.69, 9.17) is 4.74 Å². The Labute approximate surface area is 136 Å². The Hall–Kier alpha value is -3.14. The lowest BCUT2D eigenvalue weighted by molar-refractivity contribution is -0.384. The molecule has 0 bridgehead atoms. The molecule has 126 valence electrons. The van der Waals surface area contributed by atoms with Crippen molar-refractivity contribution in [3.05, 3.63) is 58.1 Å². The van der Waals surface area contributed by atoms with Crippen molar-refractivity contribution < 1.29 is 28.0 Å². The molecule has 0 aliphatic carbocycles. The van der Waals surface area contributed by atoms with Gasteiger partial charge in [-0.1, -0.05) is 12.1 Å². The highest BCUT2D eigenvalue weighted by atomic mass is 32.2. The molecule has 0 amide bonds. The fraction of sp³-hybridized carbons (Fsp3) is 0.0714. The van der Waals surface area contributed by atoms with Crippen molar-refractivity contribution in [1.29, 1.82) is 0 Å². The summed E-state index contributed by atoms with van der Waals surface area (Å²) in [4.78, 5) is 20.6. The highest BCUT2D eigenvalue weighted by molar-refractivity contribution is 7.92. The molecule has 0 aromatic heterocycles. The Balaban J connectivity index is 2.46. The number of nitro groups is 1. The summed E-state index contributed by atoms with van der Waals surface area (Å²) in [5.74, 6) is -1.46. The minimum atomic E-state index is -4.19. The molecule has 2 aromatic carbocycles. The summed E-state index contributed by atoms with van der Waals surface area (Å²) < 4.78 is 31.9. The minimum Gasteiger partial charge on any atom is -0.545 e. The zero-order valence-electron chi connectivity index (χ0n) is 12.3. The lowest BCUT2D eigenvalue weighted by Crippen LogP contribution is -2.23. The molecule has 24 heavy (non-hydrogen) atoms. The number of carbonyl (C=O) groups excluding carboxylic acids is 1. The molecule has 0 atom stereocenters. The predicted octanol–water partition coefficient (Wildman–Crippen LogP) is 0.768. The Morgan fingerprint density at radius 1 is 1.21 bits per heavy atom. The Morgan fingerprint density at radius 3 is 2.50 bits per heavy atom. The summed E-state index contributed by atoms with van der Waals surface area (Å²) in [6, 6.07) is 7.92. The van der Waals surface area contributed by atoms with Gasteiger partial charge in [-0.05, 0) is 23.8 Å². The number of non-ortho nitro benzene ring substituents is 1. The van der Waals surface area contributed by atoms with Gasteiger partial charge >= 0.3 is 0 Å². The smallest absolute Gasteiger partial charge is 0.271 e. The third kappa shape index (κ3) is 3.60. The number of nitrogens with one attached hydrogen (secondary N) is 1. The average molecular weight is 351 g/mol. The van der Waals surface area contributed by atoms with Crippen molar-refractivity contribution in [1.82, 2.24) is 0 Å². The van der Waals surface area contributed by atoms with Crippen LogP contribution in [-0.4, -0.2) is 26.4 Å². The molecule has 1 N–H and O–H groups in total. The molecule has 0 aliphatic heterocycles. The molecule has 0 aliphatic rings. The zero-order valence-corrected chi connectivity index (χ0v) is 13.1. The number of carbonyl (C=O) groups is 1. The van der Waals surface area contributed by atoms with E-state index in [1.807, 2.05) is 0 Å². The number of anilines is 1. The normalized spacial score (nSPS) is 10.9. The van der Waals surface area contributed by atoms with Crippen molar-refractivity contribution >= 4 is 27.4 Å². The van der Waals surface area contributed by atoms with Crippen LogP contribution in [0.2, 0.25) is 0 Å². The SMILES string of the molecule is COc1ccc([N+](=O)[O-])cc1NS(=O)(=O)c1cccc(C(=O)[O-])c1. The maximum atomic E-state index is 12.4. The molecule has 0 radical (unpaired) electrons. The van der Waals surface area contributed by atoms with E-state index in [0.29, 0.717) is 0 Å². The van der Waals surface area contributed by atoms with Crippen LogP contribution in [0.4, 0.5) is 11.4 Å². The predicted molar refractivity (Wildman–Crippen MR) is 81.2 cm³/mol. The van der Waals surface area contributed by atoms with Gasteiger partial charge in [-0.15, -0.1) is 0 Å². The van der Waals surface area contributed by atoms with Gasteiger partial charge in [0.1, 0.15) is 5.75 Å². The fourth-order valence-electron chi connectivity index (χ4n) is 1.88. The topological polar surface area (TPSA) is 139 Å². The Kier molecular flexibility index (Phi) is 4.69. The van der Waals surface area contributed by atoms with Crippen LogP contribution in [0.25, 0.3) is 0 Å². The molecule has 0 unspecified atom stereocenters. The summed E-state index contributed by atoms with van der Waals surface area (Å²) in [6.45, 7) is 0. The van der Waals surface area contributed by atoms with Crippen LogP contribution in [0.5, 0.6) is 5.75 Å². The van der Waals surface area contributed by atoms with Crippen LogP contribution in [0.1, 0.15) is 10.4 Å². The first-order valence-electron chi connectivity index (χ1n) is 6.41. The van der Waals surface area contributed by atoms with Crippen molar-refractivity contribution in [2.75, 3.05) is 11.8 Å². The molecule has 2 aromatic rings.